The molecule has 88 valence electrons. The van der Waals surface area contributed by atoms with Gasteiger partial charge in [-0.15, -0.1) is 0 Å². The molecule has 2 rings (SSSR count). The highest BCUT2D eigenvalue weighted by atomic mass is 16.4. The third kappa shape index (κ3) is 2.47. The van der Waals surface area contributed by atoms with Gasteiger partial charge in [-0.1, -0.05) is 35.5 Å². The number of nitriles is 1. The van der Waals surface area contributed by atoms with Crippen LogP contribution in [-0.2, 0) is 0 Å². The average Bonchev–Trinajstić information content (AvgIpc) is 2.39. The Morgan fingerprint density at radius 3 is 2.71 bits per heavy atom. The van der Waals surface area contributed by atoms with Crippen LogP contribution in [0.15, 0.2) is 35.5 Å². The normalized spacial score (nSPS) is 31.1. The summed E-state index contributed by atoms with van der Waals surface area (Å²) < 4.78 is 0. The van der Waals surface area contributed by atoms with Gasteiger partial charge < -0.3 is 5.21 Å². The van der Waals surface area contributed by atoms with Gasteiger partial charge in [0, 0.05) is 6.42 Å². The predicted molar refractivity (Wildman–Crippen MR) is 66.0 cm³/mol. The summed E-state index contributed by atoms with van der Waals surface area (Å²) in [6.07, 6.45) is 2.15. The van der Waals surface area contributed by atoms with E-state index in [-0.39, 0.29) is 5.92 Å². The van der Waals surface area contributed by atoms with Crippen LogP contribution in [0.25, 0.3) is 0 Å². The second-order valence-electron chi connectivity index (χ2n) is 5.03. The molecule has 1 aliphatic carbocycles. The van der Waals surface area contributed by atoms with E-state index < -0.39 is 5.41 Å². The highest BCUT2D eigenvalue weighted by Crippen LogP contribution is 2.42. The molecule has 0 unspecified atom stereocenters. The number of hydrogen-bond donors (Lipinski definition) is 1. The molecule has 2 atom stereocenters. The zero-order valence-electron chi connectivity index (χ0n) is 9.93. The minimum absolute atomic E-state index is 0.278. The van der Waals surface area contributed by atoms with Crippen LogP contribution in [0.4, 0.5) is 0 Å². The Morgan fingerprint density at radius 2 is 2.12 bits per heavy atom. The number of nitrogens with zero attached hydrogens (tertiary/aromatic N) is 2. The van der Waals surface area contributed by atoms with Gasteiger partial charge in [0.25, 0.3) is 0 Å². The molecule has 3 nitrogen and oxygen atoms in total. The summed E-state index contributed by atoms with van der Waals surface area (Å²) in [7, 11) is 0. The second-order valence-corrected chi connectivity index (χ2v) is 5.03. The summed E-state index contributed by atoms with van der Waals surface area (Å²) in [4.78, 5) is 0. The second kappa shape index (κ2) is 4.58. The quantitative estimate of drug-likeness (QED) is 0.592. The maximum Gasteiger partial charge on any atom is 0.0691 e. The van der Waals surface area contributed by atoms with Gasteiger partial charge in [-0.25, -0.2) is 0 Å². The lowest BCUT2D eigenvalue weighted by Crippen LogP contribution is -2.29. The fourth-order valence-electron chi connectivity index (χ4n) is 2.62. The Balaban J connectivity index is 2.28. The van der Waals surface area contributed by atoms with Crippen molar-refractivity contribution in [2.45, 2.75) is 32.1 Å². The minimum atomic E-state index is -0.416. The van der Waals surface area contributed by atoms with E-state index in [1.54, 1.807) is 0 Å². The van der Waals surface area contributed by atoms with Gasteiger partial charge in [0.1, 0.15) is 0 Å². The maximum absolute atomic E-state index is 9.24. The largest absolute Gasteiger partial charge is 0.411 e. The Bertz CT molecular complexity index is 461. The predicted octanol–water partition coefficient (Wildman–Crippen LogP) is 3.31. The first-order chi connectivity index (χ1) is 8.17. The van der Waals surface area contributed by atoms with E-state index in [9.17, 15) is 5.26 Å². The SMILES string of the molecule is C[C@]1(C#N)C/C(=N\O)C[C@H](c2ccccc2)C1. The Morgan fingerprint density at radius 1 is 1.41 bits per heavy atom. The van der Waals surface area contributed by atoms with Crippen molar-refractivity contribution in [2.24, 2.45) is 10.6 Å². The minimum Gasteiger partial charge on any atom is -0.411 e. The monoisotopic (exact) mass is 228 g/mol. The fraction of sp³-hybridized carbons (Fsp3) is 0.429. The Hall–Kier alpha value is -1.82. The molecule has 3 heteroatoms. The summed E-state index contributed by atoms with van der Waals surface area (Å²) >= 11 is 0. The fourth-order valence-corrected chi connectivity index (χ4v) is 2.62. The van der Waals surface area contributed by atoms with Crippen LogP contribution in [0.1, 0.15) is 37.7 Å². The molecule has 0 spiro atoms. The van der Waals surface area contributed by atoms with Crippen molar-refractivity contribution in [1.82, 2.24) is 0 Å². The molecule has 1 aromatic rings. The van der Waals surface area contributed by atoms with E-state index in [0.29, 0.717) is 6.42 Å². The van der Waals surface area contributed by atoms with Crippen molar-refractivity contribution in [2.75, 3.05) is 0 Å². The lowest BCUT2D eigenvalue weighted by Gasteiger charge is -2.33. The van der Waals surface area contributed by atoms with Crippen molar-refractivity contribution in [3.63, 3.8) is 0 Å². The molecule has 1 N–H and O–H groups in total. The number of rotatable bonds is 1. The zero-order valence-corrected chi connectivity index (χ0v) is 9.93. The summed E-state index contributed by atoms with van der Waals surface area (Å²) in [5.41, 5.74) is 1.53. The topological polar surface area (TPSA) is 56.4 Å². The van der Waals surface area contributed by atoms with Gasteiger partial charge in [-0.3, -0.25) is 0 Å². The molecule has 1 fully saturated rings. The van der Waals surface area contributed by atoms with Crippen LogP contribution >= 0.6 is 0 Å². The number of hydrogen-bond acceptors (Lipinski definition) is 3. The van der Waals surface area contributed by atoms with Crippen molar-refractivity contribution in [3.05, 3.63) is 35.9 Å². The van der Waals surface area contributed by atoms with Gasteiger partial charge in [-0.2, -0.15) is 5.26 Å². The molecule has 0 heterocycles. The highest BCUT2D eigenvalue weighted by Gasteiger charge is 2.36. The maximum atomic E-state index is 9.24. The van der Waals surface area contributed by atoms with E-state index >= 15 is 0 Å². The van der Waals surface area contributed by atoms with E-state index in [2.05, 4.69) is 23.4 Å². The zero-order chi connectivity index (χ0) is 12.3. The van der Waals surface area contributed by atoms with E-state index in [1.165, 1.54) is 5.56 Å². The first-order valence-corrected chi connectivity index (χ1v) is 5.83. The van der Waals surface area contributed by atoms with Crippen LogP contribution < -0.4 is 0 Å². The molecule has 17 heavy (non-hydrogen) atoms. The number of benzene rings is 1. The van der Waals surface area contributed by atoms with E-state index in [4.69, 9.17) is 5.21 Å². The van der Waals surface area contributed by atoms with Gasteiger partial charge in [-0.05, 0) is 31.2 Å². The first kappa shape index (κ1) is 11.7. The highest BCUT2D eigenvalue weighted by molar-refractivity contribution is 5.86. The van der Waals surface area contributed by atoms with Crippen LogP contribution in [0.2, 0.25) is 0 Å². The standard InChI is InChI=1S/C14H16N2O/c1-14(10-15)8-12(7-13(9-14)16-17)11-5-3-2-4-6-11/h2-6,12,17H,7-9H2,1H3/b16-13-/t12-,14+/m0/s1. The Labute approximate surface area is 101 Å². The van der Waals surface area contributed by atoms with Crippen LogP contribution in [0, 0.1) is 16.7 Å². The van der Waals surface area contributed by atoms with Crippen LogP contribution in [0.3, 0.4) is 0 Å². The van der Waals surface area contributed by atoms with Crippen molar-refractivity contribution < 1.29 is 5.21 Å². The summed E-state index contributed by atoms with van der Waals surface area (Å²) in [5.74, 6) is 0.278. The molecule has 0 saturated heterocycles. The van der Waals surface area contributed by atoms with Crippen LogP contribution in [0.5, 0.6) is 0 Å². The molecule has 0 radical (unpaired) electrons. The molecule has 0 aromatic heterocycles. The van der Waals surface area contributed by atoms with Gasteiger partial charge in [0.2, 0.25) is 0 Å². The summed E-state index contributed by atoms with van der Waals surface area (Å²) in [5, 5.41) is 21.5. The molecule has 0 bridgehead atoms. The van der Waals surface area contributed by atoms with Crippen molar-refractivity contribution >= 4 is 5.71 Å². The van der Waals surface area contributed by atoms with Gasteiger partial charge in [0.05, 0.1) is 17.2 Å². The smallest absolute Gasteiger partial charge is 0.0691 e. The summed E-state index contributed by atoms with van der Waals surface area (Å²) in [6, 6.07) is 12.5. The van der Waals surface area contributed by atoms with E-state index in [0.717, 1.165) is 18.6 Å². The van der Waals surface area contributed by atoms with Gasteiger partial charge >= 0.3 is 0 Å². The molecule has 0 amide bonds. The average molecular weight is 228 g/mol. The van der Waals surface area contributed by atoms with Crippen molar-refractivity contribution in [1.29, 1.82) is 5.26 Å². The van der Waals surface area contributed by atoms with E-state index in [1.807, 2.05) is 25.1 Å². The van der Waals surface area contributed by atoms with Gasteiger partial charge in [0.15, 0.2) is 0 Å². The summed E-state index contributed by atoms with van der Waals surface area (Å²) in [6.45, 7) is 1.94. The molecular weight excluding hydrogens is 212 g/mol. The lowest BCUT2D eigenvalue weighted by atomic mass is 9.69. The lowest BCUT2D eigenvalue weighted by molar-refractivity contribution is 0.295. The third-order valence-corrected chi connectivity index (χ3v) is 3.46. The van der Waals surface area contributed by atoms with Crippen molar-refractivity contribution in [3.8, 4) is 6.07 Å². The third-order valence-electron chi connectivity index (χ3n) is 3.46. The molecule has 1 aromatic carbocycles. The molecular formula is C14H16N2O. The van der Waals surface area contributed by atoms with Crippen LogP contribution in [-0.4, -0.2) is 10.9 Å². The first-order valence-electron chi connectivity index (χ1n) is 5.83. The number of oxime groups is 1. The molecule has 1 aliphatic rings. The Kier molecular flexibility index (Phi) is 3.14. The molecule has 0 aliphatic heterocycles. The molecule has 1 saturated carbocycles.